The molecule has 1 aromatic carbocycles. The van der Waals surface area contributed by atoms with Crippen molar-refractivity contribution in [3.8, 4) is 0 Å². The Labute approximate surface area is 98.8 Å². The number of benzene rings is 1. The van der Waals surface area contributed by atoms with Gasteiger partial charge in [-0.15, -0.1) is 11.3 Å². The van der Waals surface area contributed by atoms with Gasteiger partial charge in [-0.05, 0) is 17.7 Å². The van der Waals surface area contributed by atoms with E-state index in [4.69, 9.17) is 11.6 Å². The van der Waals surface area contributed by atoms with Gasteiger partial charge in [0.2, 0.25) is 0 Å². The second-order valence-corrected chi connectivity index (χ2v) is 4.72. The smallest absolute Gasteiger partial charge is 0.151 e. The maximum atomic E-state index is 10.8. The normalized spacial score (nSPS) is 10.7. The molecule has 72 valence electrons. The summed E-state index contributed by atoms with van der Waals surface area (Å²) in [6.07, 6.45) is 0.876. The molecule has 0 aliphatic rings. The molecule has 2 rings (SSSR count). The molecule has 1 nitrogen and oxygen atoms in total. The summed E-state index contributed by atoms with van der Waals surface area (Å²) in [7, 11) is 0. The van der Waals surface area contributed by atoms with Crippen molar-refractivity contribution in [2.75, 3.05) is 0 Å². The summed E-state index contributed by atoms with van der Waals surface area (Å²) in [6, 6.07) is 3.81. The van der Waals surface area contributed by atoms with Crippen molar-refractivity contribution in [1.29, 1.82) is 0 Å². The van der Waals surface area contributed by atoms with Crippen molar-refractivity contribution in [2.24, 2.45) is 0 Å². The lowest BCUT2D eigenvalue weighted by atomic mass is 10.1. The number of thiophene rings is 1. The van der Waals surface area contributed by atoms with Crippen LogP contribution < -0.4 is 0 Å². The first-order valence-electron chi connectivity index (χ1n) is 3.97. The Kier molecular flexibility index (Phi) is 2.91. The number of carbonyl (C=O) groups excluding carboxylic acids is 1. The lowest BCUT2D eigenvalue weighted by Crippen LogP contribution is -1.84. The van der Waals surface area contributed by atoms with E-state index in [9.17, 15) is 4.79 Å². The van der Waals surface area contributed by atoms with Crippen molar-refractivity contribution >= 4 is 55.2 Å². The standard InChI is InChI=1S/C10H6BrClOS/c11-3-7-8(12)1-2-9-10(7)6(4-13)5-14-9/h1-2,4-5H,3H2. The van der Waals surface area contributed by atoms with Gasteiger partial charge in [0, 0.05) is 31.4 Å². The fourth-order valence-corrected chi connectivity index (χ4v) is 3.32. The fourth-order valence-electron chi connectivity index (χ4n) is 1.42. The highest BCUT2D eigenvalue weighted by Crippen LogP contribution is 2.33. The minimum Gasteiger partial charge on any atom is -0.298 e. The fraction of sp³-hybridized carbons (Fsp3) is 0.100. The summed E-state index contributed by atoms with van der Waals surface area (Å²) in [5, 5.41) is 4.21. The van der Waals surface area contributed by atoms with E-state index in [-0.39, 0.29) is 0 Å². The van der Waals surface area contributed by atoms with Crippen LogP contribution in [0.25, 0.3) is 10.1 Å². The van der Waals surface area contributed by atoms with Crippen LogP contribution in [0.1, 0.15) is 15.9 Å². The molecule has 0 aliphatic carbocycles. The first kappa shape index (κ1) is 10.1. The summed E-state index contributed by atoms with van der Waals surface area (Å²) in [6.45, 7) is 0. The van der Waals surface area contributed by atoms with E-state index in [1.165, 1.54) is 0 Å². The number of alkyl halides is 1. The summed E-state index contributed by atoms with van der Waals surface area (Å²) in [5.41, 5.74) is 1.72. The molecule has 1 aromatic heterocycles. The van der Waals surface area contributed by atoms with E-state index in [0.29, 0.717) is 10.4 Å². The van der Waals surface area contributed by atoms with Gasteiger partial charge in [-0.2, -0.15) is 0 Å². The van der Waals surface area contributed by atoms with Crippen molar-refractivity contribution in [3.63, 3.8) is 0 Å². The lowest BCUT2D eigenvalue weighted by Gasteiger charge is -2.02. The molecule has 0 aliphatic heterocycles. The Hall–Kier alpha value is -0.380. The Morgan fingerprint density at radius 1 is 1.50 bits per heavy atom. The summed E-state index contributed by atoms with van der Waals surface area (Å²) in [5.74, 6) is 0. The summed E-state index contributed by atoms with van der Waals surface area (Å²) in [4.78, 5) is 10.8. The third-order valence-electron chi connectivity index (χ3n) is 2.08. The molecule has 14 heavy (non-hydrogen) atoms. The monoisotopic (exact) mass is 288 g/mol. The maximum Gasteiger partial charge on any atom is 0.151 e. The van der Waals surface area contributed by atoms with Gasteiger partial charge >= 0.3 is 0 Å². The summed E-state index contributed by atoms with van der Waals surface area (Å²) < 4.78 is 1.10. The number of hydrogen-bond acceptors (Lipinski definition) is 2. The van der Waals surface area contributed by atoms with Crippen molar-refractivity contribution < 1.29 is 4.79 Å². The predicted octanol–water partition coefficient (Wildman–Crippen LogP) is 4.26. The van der Waals surface area contributed by atoms with Crippen LogP contribution in [0.2, 0.25) is 5.02 Å². The number of halogens is 2. The third-order valence-corrected chi connectivity index (χ3v) is 3.96. The van der Waals surface area contributed by atoms with E-state index in [1.807, 2.05) is 17.5 Å². The lowest BCUT2D eigenvalue weighted by molar-refractivity contribution is 0.112. The van der Waals surface area contributed by atoms with E-state index in [2.05, 4.69) is 15.9 Å². The number of fused-ring (bicyclic) bond motifs is 1. The van der Waals surface area contributed by atoms with Gasteiger partial charge in [0.05, 0.1) is 0 Å². The second-order valence-electron chi connectivity index (χ2n) is 2.84. The molecule has 0 atom stereocenters. The molecule has 0 saturated carbocycles. The minimum atomic E-state index is 0.667. The predicted molar refractivity (Wildman–Crippen MR) is 64.9 cm³/mol. The van der Waals surface area contributed by atoms with E-state index < -0.39 is 0 Å². The second kappa shape index (κ2) is 4.01. The van der Waals surface area contributed by atoms with Crippen LogP contribution in [0.5, 0.6) is 0 Å². The van der Waals surface area contributed by atoms with Gasteiger partial charge in [-0.25, -0.2) is 0 Å². The highest BCUT2D eigenvalue weighted by atomic mass is 79.9. The van der Waals surface area contributed by atoms with Gasteiger partial charge in [-0.1, -0.05) is 27.5 Å². The Balaban J connectivity index is 2.88. The van der Waals surface area contributed by atoms with Gasteiger partial charge < -0.3 is 0 Å². The molecular weight excluding hydrogens is 284 g/mol. The van der Waals surface area contributed by atoms with Gasteiger partial charge in [0.25, 0.3) is 0 Å². The molecule has 0 radical (unpaired) electrons. The average Bonchev–Trinajstić information content (AvgIpc) is 2.61. The third kappa shape index (κ3) is 1.49. The number of carbonyl (C=O) groups is 1. The topological polar surface area (TPSA) is 17.1 Å². The Morgan fingerprint density at radius 2 is 2.29 bits per heavy atom. The highest BCUT2D eigenvalue weighted by molar-refractivity contribution is 9.08. The Morgan fingerprint density at radius 3 is 2.93 bits per heavy atom. The molecule has 1 heterocycles. The van der Waals surface area contributed by atoms with Crippen LogP contribution in [0.3, 0.4) is 0 Å². The molecule has 0 unspecified atom stereocenters. The largest absolute Gasteiger partial charge is 0.298 e. The number of aldehydes is 1. The number of hydrogen-bond donors (Lipinski definition) is 0. The first-order chi connectivity index (χ1) is 6.77. The average molecular weight is 290 g/mol. The van der Waals surface area contributed by atoms with Crippen LogP contribution >= 0.6 is 38.9 Å². The zero-order valence-electron chi connectivity index (χ0n) is 7.09. The van der Waals surface area contributed by atoms with E-state index >= 15 is 0 Å². The van der Waals surface area contributed by atoms with Crippen molar-refractivity contribution in [1.82, 2.24) is 0 Å². The molecule has 0 bridgehead atoms. The van der Waals surface area contributed by atoms with Gasteiger partial charge in [0.15, 0.2) is 6.29 Å². The maximum absolute atomic E-state index is 10.8. The molecular formula is C10H6BrClOS. The minimum absolute atomic E-state index is 0.667. The van der Waals surface area contributed by atoms with Crippen molar-refractivity contribution in [3.05, 3.63) is 33.7 Å². The van der Waals surface area contributed by atoms with E-state index in [1.54, 1.807) is 11.3 Å². The molecule has 4 heteroatoms. The van der Waals surface area contributed by atoms with Crippen molar-refractivity contribution in [2.45, 2.75) is 5.33 Å². The number of rotatable bonds is 2. The molecule has 0 N–H and O–H groups in total. The molecule has 0 fully saturated rings. The van der Waals surface area contributed by atoms with Crippen LogP contribution in [-0.2, 0) is 5.33 Å². The molecule has 2 aromatic rings. The van der Waals surface area contributed by atoms with Crippen LogP contribution in [0, 0.1) is 0 Å². The zero-order valence-corrected chi connectivity index (χ0v) is 10.2. The quantitative estimate of drug-likeness (QED) is 0.596. The van der Waals surface area contributed by atoms with Crippen LogP contribution in [0.15, 0.2) is 17.5 Å². The van der Waals surface area contributed by atoms with Crippen LogP contribution in [0.4, 0.5) is 0 Å². The van der Waals surface area contributed by atoms with Gasteiger partial charge in [0.1, 0.15) is 0 Å². The molecule has 0 amide bonds. The first-order valence-corrected chi connectivity index (χ1v) is 6.35. The van der Waals surface area contributed by atoms with Gasteiger partial charge in [-0.3, -0.25) is 4.79 Å². The zero-order chi connectivity index (χ0) is 10.1. The molecule has 0 spiro atoms. The SMILES string of the molecule is O=Cc1csc2ccc(Cl)c(CBr)c12. The Bertz CT molecular complexity index is 492. The van der Waals surface area contributed by atoms with E-state index in [0.717, 1.165) is 27.5 Å². The summed E-state index contributed by atoms with van der Waals surface area (Å²) >= 11 is 11.0. The molecule has 0 saturated heterocycles. The van der Waals surface area contributed by atoms with Crippen LogP contribution in [-0.4, -0.2) is 6.29 Å². The highest BCUT2D eigenvalue weighted by Gasteiger charge is 2.10.